The Labute approximate surface area is 201 Å². The van der Waals surface area contributed by atoms with Crippen LogP contribution in [-0.2, 0) is 12.3 Å². The Balaban J connectivity index is 1.44. The van der Waals surface area contributed by atoms with E-state index in [1.165, 1.54) is 5.56 Å². The van der Waals surface area contributed by atoms with Gasteiger partial charge in [-0.1, -0.05) is 47.1 Å². The second-order valence-corrected chi connectivity index (χ2v) is 9.77. The second-order valence-electron chi connectivity index (χ2n) is 7.56. The number of thioether (sulfide) groups is 1. The summed E-state index contributed by atoms with van der Waals surface area (Å²) >= 11 is 9.44. The number of halogens is 1. The van der Waals surface area contributed by atoms with E-state index < -0.39 is 0 Å². The quantitative estimate of drug-likeness (QED) is 0.249. The van der Waals surface area contributed by atoms with Crippen molar-refractivity contribution in [1.29, 1.82) is 0 Å². The minimum atomic E-state index is -0.232. The molecule has 0 fully saturated rings. The highest BCUT2D eigenvalue weighted by molar-refractivity contribution is 7.98. The maximum absolute atomic E-state index is 6.12. The van der Waals surface area contributed by atoms with Crippen LogP contribution in [0.4, 0.5) is 0 Å². The zero-order valence-corrected chi connectivity index (χ0v) is 20.9. The SMILES string of the molecule is CCn1c(SCc2csc(-c3cccc(C)c3)n2)nnc1C(C)Oc1ccc(Cl)c(C)c1. The molecule has 0 N–H and O–H groups in total. The highest BCUT2D eigenvalue weighted by atomic mass is 35.5. The predicted octanol–water partition coefficient (Wildman–Crippen LogP) is 7.12. The van der Waals surface area contributed by atoms with Crippen molar-refractivity contribution in [2.75, 3.05) is 0 Å². The van der Waals surface area contributed by atoms with E-state index in [0.717, 1.165) is 55.9 Å². The molecule has 1 atom stereocenters. The lowest BCUT2D eigenvalue weighted by Gasteiger charge is -2.16. The molecule has 0 aliphatic rings. The van der Waals surface area contributed by atoms with Crippen molar-refractivity contribution >= 4 is 34.7 Å². The van der Waals surface area contributed by atoms with E-state index in [-0.39, 0.29) is 6.10 Å². The van der Waals surface area contributed by atoms with Gasteiger partial charge in [0.25, 0.3) is 0 Å². The van der Waals surface area contributed by atoms with Gasteiger partial charge >= 0.3 is 0 Å². The minimum Gasteiger partial charge on any atom is -0.483 e. The monoisotopic (exact) mass is 484 g/mol. The lowest BCUT2D eigenvalue weighted by Crippen LogP contribution is -2.12. The number of nitrogens with zero attached hydrogens (tertiary/aromatic N) is 4. The second kappa shape index (κ2) is 10.1. The van der Waals surface area contributed by atoms with Gasteiger partial charge in [-0.25, -0.2) is 4.98 Å². The molecule has 1 unspecified atom stereocenters. The molecule has 0 radical (unpaired) electrons. The number of ether oxygens (including phenoxy) is 1. The average molecular weight is 485 g/mol. The van der Waals surface area contributed by atoms with Crippen LogP contribution in [0.3, 0.4) is 0 Å². The Morgan fingerprint density at radius 1 is 1.16 bits per heavy atom. The zero-order valence-electron chi connectivity index (χ0n) is 18.5. The summed E-state index contributed by atoms with van der Waals surface area (Å²) in [6, 6.07) is 14.1. The fourth-order valence-corrected chi connectivity index (χ4v) is 5.32. The molecule has 2 heterocycles. The molecule has 0 bridgehead atoms. The van der Waals surface area contributed by atoms with E-state index in [9.17, 15) is 0 Å². The topological polar surface area (TPSA) is 52.8 Å². The van der Waals surface area contributed by atoms with Crippen molar-refractivity contribution in [3.63, 3.8) is 0 Å². The third kappa shape index (κ3) is 5.17. The summed E-state index contributed by atoms with van der Waals surface area (Å²) < 4.78 is 8.22. The highest BCUT2D eigenvalue weighted by Crippen LogP contribution is 2.30. The number of rotatable bonds is 8. The van der Waals surface area contributed by atoms with Gasteiger partial charge < -0.3 is 9.30 Å². The molecule has 2 aromatic carbocycles. The fourth-order valence-electron chi connectivity index (χ4n) is 3.37. The maximum Gasteiger partial charge on any atom is 0.191 e. The van der Waals surface area contributed by atoms with E-state index in [4.69, 9.17) is 21.3 Å². The smallest absolute Gasteiger partial charge is 0.191 e. The van der Waals surface area contributed by atoms with Gasteiger partial charge in [0, 0.05) is 28.3 Å². The molecular formula is C24H25ClN4OS2. The first-order chi connectivity index (χ1) is 15.4. The van der Waals surface area contributed by atoms with Crippen LogP contribution in [0, 0.1) is 13.8 Å². The van der Waals surface area contributed by atoms with Crippen molar-refractivity contribution < 1.29 is 4.74 Å². The first kappa shape index (κ1) is 22.8. The van der Waals surface area contributed by atoms with Crippen LogP contribution in [0.15, 0.2) is 53.0 Å². The van der Waals surface area contributed by atoms with E-state index in [2.05, 4.69) is 58.3 Å². The molecule has 2 aromatic heterocycles. The van der Waals surface area contributed by atoms with E-state index >= 15 is 0 Å². The fraction of sp³-hybridized carbons (Fsp3) is 0.292. The normalized spacial score (nSPS) is 12.2. The molecule has 32 heavy (non-hydrogen) atoms. The molecule has 8 heteroatoms. The van der Waals surface area contributed by atoms with E-state index in [1.807, 2.05) is 32.0 Å². The van der Waals surface area contributed by atoms with Crippen molar-refractivity contribution in [2.24, 2.45) is 0 Å². The van der Waals surface area contributed by atoms with Crippen LogP contribution in [-0.4, -0.2) is 19.7 Å². The van der Waals surface area contributed by atoms with E-state index in [1.54, 1.807) is 23.1 Å². The molecule has 5 nitrogen and oxygen atoms in total. The van der Waals surface area contributed by atoms with Gasteiger partial charge in [0.15, 0.2) is 17.1 Å². The Morgan fingerprint density at radius 2 is 2.00 bits per heavy atom. The highest BCUT2D eigenvalue weighted by Gasteiger charge is 2.19. The summed E-state index contributed by atoms with van der Waals surface area (Å²) in [7, 11) is 0. The summed E-state index contributed by atoms with van der Waals surface area (Å²) in [5.74, 6) is 2.32. The summed E-state index contributed by atoms with van der Waals surface area (Å²) in [6.45, 7) is 8.91. The van der Waals surface area contributed by atoms with E-state index in [0.29, 0.717) is 0 Å². The molecular weight excluding hydrogens is 460 g/mol. The van der Waals surface area contributed by atoms with Crippen molar-refractivity contribution in [3.05, 3.63) is 75.5 Å². The lowest BCUT2D eigenvalue weighted by molar-refractivity contribution is 0.210. The average Bonchev–Trinajstić information content (AvgIpc) is 3.41. The third-order valence-corrected chi connectivity index (χ3v) is 7.40. The molecule has 0 spiro atoms. The Morgan fingerprint density at radius 3 is 2.75 bits per heavy atom. The van der Waals surface area contributed by atoms with Crippen molar-refractivity contribution in [3.8, 4) is 16.3 Å². The standard InChI is InChI=1S/C24H25ClN4OS2/c1-5-29-22(17(4)30-20-9-10-21(25)16(3)12-20)27-28-24(29)32-14-19-13-31-23(26-19)18-8-6-7-15(2)11-18/h6-13,17H,5,14H2,1-4H3. The van der Waals surface area contributed by atoms with Crippen molar-refractivity contribution in [1.82, 2.24) is 19.7 Å². The number of benzene rings is 2. The Hall–Kier alpha value is -2.35. The third-order valence-electron chi connectivity index (χ3n) is 5.03. The minimum absolute atomic E-state index is 0.232. The number of aryl methyl sites for hydroxylation is 2. The summed E-state index contributed by atoms with van der Waals surface area (Å²) in [4.78, 5) is 4.81. The predicted molar refractivity (Wildman–Crippen MR) is 133 cm³/mol. The first-order valence-corrected chi connectivity index (χ1v) is 12.7. The summed E-state index contributed by atoms with van der Waals surface area (Å²) in [5, 5.41) is 13.6. The molecule has 4 aromatic rings. The maximum atomic E-state index is 6.12. The number of hydrogen-bond acceptors (Lipinski definition) is 6. The summed E-state index contributed by atoms with van der Waals surface area (Å²) in [6.07, 6.45) is -0.232. The van der Waals surface area contributed by atoms with Crippen LogP contribution in [0.5, 0.6) is 5.75 Å². The van der Waals surface area contributed by atoms with Gasteiger partial charge in [0.05, 0.1) is 5.69 Å². The van der Waals surface area contributed by atoms with Gasteiger partial charge in [-0.05, 0) is 57.5 Å². The molecule has 0 amide bonds. The van der Waals surface area contributed by atoms with Crippen LogP contribution in [0.25, 0.3) is 10.6 Å². The first-order valence-electron chi connectivity index (χ1n) is 10.4. The van der Waals surface area contributed by atoms with Crippen LogP contribution in [0.1, 0.15) is 42.6 Å². The van der Waals surface area contributed by atoms with Gasteiger partial charge in [-0.3, -0.25) is 0 Å². The van der Waals surface area contributed by atoms with Crippen LogP contribution in [0.2, 0.25) is 5.02 Å². The molecule has 4 rings (SSSR count). The summed E-state index contributed by atoms with van der Waals surface area (Å²) in [5.41, 5.74) is 4.43. The molecule has 0 aliphatic carbocycles. The molecule has 166 valence electrons. The Kier molecular flexibility index (Phi) is 7.18. The molecule has 0 saturated heterocycles. The molecule has 0 aliphatic heterocycles. The molecule has 0 saturated carbocycles. The zero-order chi connectivity index (χ0) is 22.7. The van der Waals surface area contributed by atoms with Gasteiger partial charge in [-0.2, -0.15) is 0 Å². The van der Waals surface area contributed by atoms with Gasteiger partial charge in [-0.15, -0.1) is 21.5 Å². The van der Waals surface area contributed by atoms with Gasteiger partial charge in [0.1, 0.15) is 10.8 Å². The van der Waals surface area contributed by atoms with Crippen LogP contribution >= 0.6 is 34.7 Å². The largest absolute Gasteiger partial charge is 0.483 e. The van der Waals surface area contributed by atoms with Crippen LogP contribution < -0.4 is 4.74 Å². The number of thiazole rings is 1. The lowest BCUT2D eigenvalue weighted by atomic mass is 10.1. The number of hydrogen-bond donors (Lipinski definition) is 0. The van der Waals surface area contributed by atoms with Crippen molar-refractivity contribution in [2.45, 2.75) is 51.3 Å². The van der Waals surface area contributed by atoms with Gasteiger partial charge in [0.2, 0.25) is 0 Å². The Bertz CT molecular complexity index is 1220. The number of aromatic nitrogens is 4.